The predicted octanol–water partition coefficient (Wildman–Crippen LogP) is 2.69. The van der Waals surface area contributed by atoms with Gasteiger partial charge >= 0.3 is 0 Å². The Morgan fingerprint density at radius 2 is 1.90 bits per heavy atom. The maximum Gasteiger partial charge on any atom is 0.139 e. The maximum atomic E-state index is 6.16. The van der Waals surface area contributed by atoms with Gasteiger partial charge < -0.3 is 15.4 Å². The van der Waals surface area contributed by atoms with E-state index in [0.29, 0.717) is 5.82 Å². The van der Waals surface area contributed by atoms with Crippen molar-refractivity contribution in [2.75, 3.05) is 36.9 Å². The highest BCUT2D eigenvalue weighted by atomic mass is 16.5. The average Bonchev–Trinajstić information content (AvgIpc) is 2.51. The van der Waals surface area contributed by atoms with Crippen LogP contribution in [0.15, 0.2) is 30.3 Å². The molecule has 20 heavy (non-hydrogen) atoms. The van der Waals surface area contributed by atoms with Gasteiger partial charge in [-0.2, -0.15) is 0 Å². The van der Waals surface area contributed by atoms with Crippen molar-refractivity contribution < 1.29 is 4.74 Å². The van der Waals surface area contributed by atoms with Crippen LogP contribution in [-0.2, 0) is 4.74 Å². The first-order valence-electron chi connectivity index (χ1n) is 6.95. The van der Waals surface area contributed by atoms with Crippen molar-refractivity contribution in [3.63, 3.8) is 0 Å². The number of nitrogen functional groups attached to an aromatic ring is 1. The van der Waals surface area contributed by atoms with E-state index in [1.54, 1.807) is 0 Å². The van der Waals surface area contributed by atoms with Crippen LogP contribution >= 0.6 is 0 Å². The molecule has 104 valence electrons. The molecule has 0 spiro atoms. The van der Waals surface area contributed by atoms with Crippen LogP contribution in [0.1, 0.15) is 12.5 Å². The summed E-state index contributed by atoms with van der Waals surface area (Å²) >= 11 is 0. The normalized spacial score (nSPS) is 16.1. The van der Waals surface area contributed by atoms with E-state index >= 15 is 0 Å². The lowest BCUT2D eigenvalue weighted by atomic mass is 10.0. The molecular formula is C16H19N3O. The number of rotatable bonds is 2. The van der Waals surface area contributed by atoms with Gasteiger partial charge in [-0.3, -0.25) is 0 Å². The smallest absolute Gasteiger partial charge is 0.139 e. The van der Waals surface area contributed by atoms with Crippen LogP contribution in [0.3, 0.4) is 0 Å². The summed E-state index contributed by atoms with van der Waals surface area (Å²) in [7, 11) is 0. The Kier molecular flexibility index (Phi) is 3.56. The molecule has 1 aliphatic rings. The molecule has 1 aromatic heterocycles. The zero-order valence-corrected chi connectivity index (χ0v) is 11.7. The van der Waals surface area contributed by atoms with Crippen LogP contribution in [0.4, 0.5) is 11.6 Å². The van der Waals surface area contributed by atoms with Gasteiger partial charge in [0.15, 0.2) is 0 Å². The van der Waals surface area contributed by atoms with Crippen molar-refractivity contribution in [3.05, 3.63) is 35.9 Å². The quantitative estimate of drug-likeness (QED) is 0.910. The van der Waals surface area contributed by atoms with Gasteiger partial charge in [0.25, 0.3) is 0 Å². The molecule has 2 heterocycles. The number of nitrogens with zero attached hydrogens (tertiary/aromatic N) is 2. The molecule has 4 nitrogen and oxygen atoms in total. The molecule has 3 rings (SSSR count). The molecule has 1 fully saturated rings. The molecular weight excluding hydrogens is 250 g/mol. The zero-order chi connectivity index (χ0) is 13.9. The Morgan fingerprint density at radius 3 is 2.60 bits per heavy atom. The van der Waals surface area contributed by atoms with E-state index in [0.717, 1.165) is 48.5 Å². The summed E-state index contributed by atoms with van der Waals surface area (Å²) in [4.78, 5) is 6.89. The van der Waals surface area contributed by atoms with Crippen molar-refractivity contribution in [2.24, 2.45) is 0 Å². The van der Waals surface area contributed by atoms with Crippen molar-refractivity contribution >= 4 is 28.5 Å². The third kappa shape index (κ3) is 2.23. The predicted molar refractivity (Wildman–Crippen MR) is 83.9 cm³/mol. The zero-order valence-electron chi connectivity index (χ0n) is 11.7. The van der Waals surface area contributed by atoms with Crippen LogP contribution in [0.2, 0.25) is 0 Å². The number of hydrogen-bond donors (Lipinski definition) is 1. The van der Waals surface area contributed by atoms with E-state index in [9.17, 15) is 0 Å². The Morgan fingerprint density at radius 1 is 1.20 bits per heavy atom. The lowest BCUT2D eigenvalue weighted by Gasteiger charge is -2.29. The molecule has 2 aromatic rings. The Balaban J connectivity index is 2.20. The molecule has 0 unspecified atom stereocenters. The highest BCUT2D eigenvalue weighted by molar-refractivity contribution is 6.00. The maximum absolute atomic E-state index is 6.16. The largest absolute Gasteiger partial charge is 0.383 e. The van der Waals surface area contributed by atoms with Crippen LogP contribution in [-0.4, -0.2) is 31.3 Å². The van der Waals surface area contributed by atoms with E-state index in [2.05, 4.69) is 22.0 Å². The molecule has 0 saturated carbocycles. The Bertz CT molecular complexity index is 645. The number of nitrogens with two attached hydrogens (primary N) is 1. The summed E-state index contributed by atoms with van der Waals surface area (Å²) in [6.07, 6.45) is 4.02. The summed E-state index contributed by atoms with van der Waals surface area (Å²) in [6, 6.07) is 8.30. The van der Waals surface area contributed by atoms with Gasteiger partial charge in [-0.15, -0.1) is 0 Å². The third-order valence-corrected chi connectivity index (χ3v) is 3.60. The molecule has 1 aromatic carbocycles. The van der Waals surface area contributed by atoms with Gasteiger partial charge in [-0.25, -0.2) is 4.98 Å². The first-order valence-corrected chi connectivity index (χ1v) is 6.95. The number of anilines is 2. The topological polar surface area (TPSA) is 51.4 Å². The third-order valence-electron chi connectivity index (χ3n) is 3.60. The van der Waals surface area contributed by atoms with E-state index in [1.165, 1.54) is 0 Å². The summed E-state index contributed by atoms with van der Waals surface area (Å²) < 4.78 is 5.41. The fourth-order valence-electron chi connectivity index (χ4n) is 2.64. The van der Waals surface area contributed by atoms with Gasteiger partial charge in [-0.05, 0) is 12.3 Å². The van der Waals surface area contributed by atoms with Crippen molar-refractivity contribution in [3.8, 4) is 0 Å². The first-order chi connectivity index (χ1) is 9.81. The average molecular weight is 269 g/mol. The standard InChI is InChI=1S/C16H19N3O/c1-2-5-13-12-6-3-4-7-14(12)16(18-15(13)17)19-8-10-20-11-9-19/h2-7H,8-11H2,1H3,(H2,17,18)/b5-2+. The van der Waals surface area contributed by atoms with Crippen LogP contribution in [0, 0.1) is 0 Å². The number of ether oxygens (including phenoxy) is 1. The van der Waals surface area contributed by atoms with E-state index in [-0.39, 0.29) is 0 Å². The van der Waals surface area contributed by atoms with Crippen molar-refractivity contribution in [1.82, 2.24) is 4.98 Å². The molecule has 0 radical (unpaired) electrons. The molecule has 0 amide bonds. The summed E-state index contributed by atoms with van der Waals surface area (Å²) in [5, 5.41) is 2.30. The number of aromatic nitrogens is 1. The molecule has 4 heteroatoms. The van der Waals surface area contributed by atoms with Gasteiger partial charge in [-0.1, -0.05) is 36.4 Å². The number of pyridine rings is 1. The second-order valence-electron chi connectivity index (χ2n) is 4.88. The van der Waals surface area contributed by atoms with Gasteiger partial charge in [0.1, 0.15) is 11.6 Å². The summed E-state index contributed by atoms with van der Waals surface area (Å²) in [5.74, 6) is 1.55. The van der Waals surface area contributed by atoms with Crippen LogP contribution in [0.5, 0.6) is 0 Å². The van der Waals surface area contributed by atoms with E-state index < -0.39 is 0 Å². The van der Waals surface area contributed by atoms with E-state index in [1.807, 2.05) is 31.2 Å². The number of fused-ring (bicyclic) bond motifs is 1. The highest BCUT2D eigenvalue weighted by Gasteiger charge is 2.17. The fraction of sp³-hybridized carbons (Fsp3) is 0.312. The second-order valence-corrected chi connectivity index (χ2v) is 4.88. The molecule has 1 saturated heterocycles. The SMILES string of the molecule is C/C=C/c1c(N)nc(N2CCOCC2)c2ccccc12. The minimum Gasteiger partial charge on any atom is -0.383 e. The Labute approximate surface area is 118 Å². The van der Waals surface area contributed by atoms with Crippen LogP contribution < -0.4 is 10.6 Å². The molecule has 2 N–H and O–H groups in total. The minimum absolute atomic E-state index is 0.586. The summed E-state index contributed by atoms with van der Waals surface area (Å²) in [5.41, 5.74) is 7.16. The first kappa shape index (κ1) is 12.9. The van der Waals surface area contributed by atoms with Crippen LogP contribution in [0.25, 0.3) is 16.8 Å². The Hall–Kier alpha value is -2.07. The van der Waals surface area contributed by atoms with Crippen molar-refractivity contribution in [1.29, 1.82) is 0 Å². The molecule has 0 aliphatic carbocycles. The monoisotopic (exact) mass is 269 g/mol. The molecule has 0 atom stereocenters. The number of benzene rings is 1. The number of hydrogen-bond acceptors (Lipinski definition) is 4. The van der Waals surface area contributed by atoms with Gasteiger partial charge in [0.05, 0.1) is 13.2 Å². The molecule has 1 aliphatic heterocycles. The number of morpholine rings is 1. The van der Waals surface area contributed by atoms with Crippen molar-refractivity contribution in [2.45, 2.75) is 6.92 Å². The van der Waals surface area contributed by atoms with Gasteiger partial charge in [0.2, 0.25) is 0 Å². The fourth-order valence-corrected chi connectivity index (χ4v) is 2.64. The van der Waals surface area contributed by atoms with Gasteiger partial charge in [0, 0.05) is 24.0 Å². The second kappa shape index (κ2) is 5.51. The summed E-state index contributed by atoms with van der Waals surface area (Å²) in [6.45, 7) is 5.20. The van der Waals surface area contributed by atoms with E-state index in [4.69, 9.17) is 10.5 Å². The minimum atomic E-state index is 0.586. The highest BCUT2D eigenvalue weighted by Crippen LogP contribution is 2.31. The number of allylic oxidation sites excluding steroid dienone is 1. The lowest BCUT2D eigenvalue weighted by Crippen LogP contribution is -2.37. The lowest BCUT2D eigenvalue weighted by molar-refractivity contribution is 0.122. The molecule has 0 bridgehead atoms.